The molecule has 1 aliphatic rings. The van der Waals surface area contributed by atoms with Crippen molar-refractivity contribution >= 4 is 12.2 Å². The first kappa shape index (κ1) is 14.6. The summed E-state index contributed by atoms with van der Waals surface area (Å²) in [5.41, 5.74) is 0. The molecule has 0 N–H and O–H groups in total. The van der Waals surface area contributed by atoms with Crippen molar-refractivity contribution in [3.63, 3.8) is 0 Å². The maximum Gasteiger partial charge on any atom is 0.413 e. The first-order chi connectivity index (χ1) is 8.41. The summed E-state index contributed by atoms with van der Waals surface area (Å²) in [6.45, 7) is 1.51. The largest absolute Gasteiger partial charge is 0.413 e. The molecule has 0 aliphatic carbocycles. The summed E-state index contributed by atoms with van der Waals surface area (Å²) in [5, 5.41) is 0. The fourth-order valence-electron chi connectivity index (χ4n) is 1.51. The number of amides is 2. The van der Waals surface area contributed by atoms with Gasteiger partial charge in [-0.15, -0.1) is 0 Å². The van der Waals surface area contributed by atoms with E-state index >= 15 is 0 Å². The summed E-state index contributed by atoms with van der Waals surface area (Å²) in [6, 6.07) is 0. The van der Waals surface area contributed by atoms with Crippen molar-refractivity contribution in [2.45, 2.75) is 19.3 Å². The Morgan fingerprint density at radius 1 is 0.944 bits per heavy atom. The van der Waals surface area contributed by atoms with Gasteiger partial charge >= 0.3 is 18.6 Å². The Hall–Kier alpha value is -1.50. The van der Waals surface area contributed by atoms with Gasteiger partial charge in [0.15, 0.2) is 0 Å². The van der Waals surface area contributed by atoms with E-state index in [1.165, 1.54) is 9.80 Å². The van der Waals surface area contributed by atoms with Crippen molar-refractivity contribution in [2.75, 3.05) is 41.3 Å². The second-order valence-electron chi connectivity index (χ2n) is 4.61. The van der Waals surface area contributed by atoms with Gasteiger partial charge in [-0.3, -0.25) is 0 Å². The van der Waals surface area contributed by atoms with E-state index in [1.54, 1.807) is 28.2 Å². The molecule has 1 heterocycles. The van der Waals surface area contributed by atoms with Crippen molar-refractivity contribution in [3.8, 4) is 0 Å². The van der Waals surface area contributed by atoms with Crippen LogP contribution in [0.4, 0.5) is 9.59 Å². The summed E-state index contributed by atoms with van der Waals surface area (Å²) < 4.78 is 10.3. The quantitative estimate of drug-likeness (QED) is 0.700. The van der Waals surface area contributed by atoms with E-state index in [4.69, 9.17) is 9.47 Å². The number of likely N-dealkylation sites (tertiary alicyclic amines) is 1. The van der Waals surface area contributed by atoms with Gasteiger partial charge in [-0.05, 0) is 12.8 Å². The van der Waals surface area contributed by atoms with Gasteiger partial charge in [0.05, 0.1) is 0 Å². The van der Waals surface area contributed by atoms with Crippen LogP contribution < -0.4 is 0 Å². The minimum atomic E-state index is -0.947. The SMILES string of the molecule is CN(C)C(=O)OC(OC(=O)N(C)C)N1CCCC1. The molecule has 0 aromatic heterocycles. The molecule has 0 spiro atoms. The van der Waals surface area contributed by atoms with E-state index in [1.807, 2.05) is 4.90 Å². The molecule has 0 aromatic carbocycles. The molecule has 2 amide bonds. The van der Waals surface area contributed by atoms with Gasteiger partial charge in [0.2, 0.25) is 0 Å². The Balaban J connectivity index is 2.62. The molecule has 1 rings (SSSR count). The van der Waals surface area contributed by atoms with E-state index < -0.39 is 18.6 Å². The number of rotatable bonds is 3. The molecule has 7 nitrogen and oxygen atoms in total. The number of ether oxygens (including phenoxy) is 2. The highest BCUT2D eigenvalue weighted by molar-refractivity contribution is 5.68. The van der Waals surface area contributed by atoms with Crippen molar-refractivity contribution < 1.29 is 19.1 Å². The van der Waals surface area contributed by atoms with E-state index in [0.29, 0.717) is 0 Å². The Morgan fingerprint density at radius 3 is 1.67 bits per heavy atom. The van der Waals surface area contributed by atoms with Gasteiger partial charge in [-0.1, -0.05) is 0 Å². The van der Waals surface area contributed by atoms with Crippen molar-refractivity contribution in [1.29, 1.82) is 0 Å². The molecule has 0 saturated carbocycles. The van der Waals surface area contributed by atoms with Crippen LogP contribution in [0.2, 0.25) is 0 Å². The fourth-order valence-corrected chi connectivity index (χ4v) is 1.51. The van der Waals surface area contributed by atoms with Gasteiger partial charge in [-0.25, -0.2) is 14.5 Å². The Bertz CT molecular complexity index is 279. The van der Waals surface area contributed by atoms with Crippen LogP contribution >= 0.6 is 0 Å². The van der Waals surface area contributed by atoms with Crippen molar-refractivity contribution in [2.24, 2.45) is 0 Å². The lowest BCUT2D eigenvalue weighted by Gasteiger charge is -2.28. The zero-order valence-electron chi connectivity index (χ0n) is 11.4. The molecule has 0 radical (unpaired) electrons. The van der Waals surface area contributed by atoms with E-state index in [9.17, 15) is 9.59 Å². The second kappa shape index (κ2) is 6.44. The minimum Gasteiger partial charge on any atom is -0.394 e. The van der Waals surface area contributed by atoms with E-state index in [-0.39, 0.29) is 0 Å². The molecule has 1 saturated heterocycles. The van der Waals surface area contributed by atoms with Crippen molar-refractivity contribution in [1.82, 2.24) is 14.7 Å². The first-order valence-electron chi connectivity index (χ1n) is 5.91. The van der Waals surface area contributed by atoms with E-state index in [2.05, 4.69) is 0 Å². The highest BCUT2D eigenvalue weighted by atomic mass is 16.7. The van der Waals surface area contributed by atoms with Crippen LogP contribution in [0.15, 0.2) is 0 Å². The summed E-state index contributed by atoms with van der Waals surface area (Å²) >= 11 is 0. The highest BCUT2D eigenvalue weighted by Gasteiger charge is 2.29. The Morgan fingerprint density at radius 2 is 1.33 bits per heavy atom. The smallest absolute Gasteiger partial charge is 0.394 e. The predicted octanol–water partition coefficient (Wildman–Crippen LogP) is 0.762. The Labute approximate surface area is 107 Å². The molecule has 18 heavy (non-hydrogen) atoms. The maximum atomic E-state index is 11.5. The third-order valence-corrected chi connectivity index (χ3v) is 2.57. The zero-order chi connectivity index (χ0) is 13.7. The van der Waals surface area contributed by atoms with Crippen LogP contribution in [0.25, 0.3) is 0 Å². The molecule has 0 aromatic rings. The number of carbonyl (C=O) groups is 2. The monoisotopic (exact) mass is 259 g/mol. The van der Waals surface area contributed by atoms with Gasteiger partial charge in [0.1, 0.15) is 0 Å². The predicted molar refractivity (Wildman–Crippen MR) is 64.9 cm³/mol. The molecule has 1 aliphatic heterocycles. The second-order valence-corrected chi connectivity index (χ2v) is 4.61. The summed E-state index contributed by atoms with van der Waals surface area (Å²) in [6.07, 6.45) is 0.0135. The number of carbonyl (C=O) groups excluding carboxylic acids is 2. The van der Waals surface area contributed by atoms with Crippen LogP contribution in [0, 0.1) is 0 Å². The first-order valence-corrected chi connectivity index (χ1v) is 5.91. The lowest BCUT2D eigenvalue weighted by atomic mass is 10.4. The zero-order valence-corrected chi connectivity index (χ0v) is 11.4. The minimum absolute atomic E-state index is 0.529. The van der Waals surface area contributed by atoms with Crippen molar-refractivity contribution in [3.05, 3.63) is 0 Å². The fraction of sp³-hybridized carbons (Fsp3) is 0.818. The summed E-state index contributed by atoms with van der Waals surface area (Å²) in [7, 11) is 6.32. The molecule has 0 unspecified atom stereocenters. The maximum absolute atomic E-state index is 11.5. The lowest BCUT2D eigenvalue weighted by molar-refractivity contribution is -0.158. The highest BCUT2D eigenvalue weighted by Crippen LogP contribution is 2.15. The topological polar surface area (TPSA) is 62.3 Å². The number of hydrogen-bond acceptors (Lipinski definition) is 5. The van der Waals surface area contributed by atoms with Gasteiger partial charge in [0, 0.05) is 41.3 Å². The average Bonchev–Trinajstić information content (AvgIpc) is 2.80. The van der Waals surface area contributed by atoms with Gasteiger partial charge in [0.25, 0.3) is 0 Å². The van der Waals surface area contributed by atoms with E-state index in [0.717, 1.165) is 25.9 Å². The number of hydrogen-bond donors (Lipinski definition) is 0. The van der Waals surface area contributed by atoms with Gasteiger partial charge in [-0.2, -0.15) is 0 Å². The molecular formula is C11H21N3O4. The molecule has 0 bridgehead atoms. The molecule has 104 valence electrons. The summed E-state index contributed by atoms with van der Waals surface area (Å²) in [4.78, 5) is 27.5. The van der Waals surface area contributed by atoms with Crippen LogP contribution in [-0.4, -0.2) is 74.6 Å². The van der Waals surface area contributed by atoms with Crippen LogP contribution in [0.5, 0.6) is 0 Å². The van der Waals surface area contributed by atoms with Crippen LogP contribution in [0.3, 0.4) is 0 Å². The van der Waals surface area contributed by atoms with Crippen LogP contribution in [-0.2, 0) is 9.47 Å². The Kier molecular flexibility index (Phi) is 5.21. The molecular weight excluding hydrogens is 238 g/mol. The normalized spacial score (nSPS) is 15.6. The van der Waals surface area contributed by atoms with Gasteiger partial charge < -0.3 is 19.3 Å². The molecule has 7 heteroatoms. The lowest BCUT2D eigenvalue weighted by Crippen LogP contribution is -2.44. The molecule has 0 atom stereocenters. The third-order valence-electron chi connectivity index (χ3n) is 2.57. The molecule has 1 fully saturated rings. The number of nitrogens with zero attached hydrogens (tertiary/aromatic N) is 3. The summed E-state index contributed by atoms with van der Waals surface area (Å²) in [5.74, 6) is 0. The third kappa shape index (κ3) is 4.06. The average molecular weight is 259 g/mol. The van der Waals surface area contributed by atoms with Crippen LogP contribution in [0.1, 0.15) is 12.8 Å². The standard InChI is InChI=1S/C11H21N3O4/c1-12(2)9(15)17-11(14-7-5-6-8-14)18-10(16)13(3)4/h11H,5-8H2,1-4H3.